The fraction of sp³-hybridized carbons (Fsp3) is 1.00. The normalized spacial score (nSPS) is 37.0. The Kier molecular flexibility index (Phi) is 3.31. The molecule has 2 N–H and O–H groups in total. The minimum Gasteiger partial charge on any atom is -0.373 e. The highest BCUT2D eigenvalue weighted by molar-refractivity contribution is 7.99. The molecule has 0 aromatic rings. The van der Waals surface area contributed by atoms with E-state index in [-0.39, 0.29) is 11.1 Å². The fourth-order valence-corrected chi connectivity index (χ4v) is 4.05. The van der Waals surface area contributed by atoms with E-state index in [0.717, 1.165) is 26.2 Å². The fourth-order valence-electron chi connectivity index (χ4n) is 2.56. The highest BCUT2D eigenvalue weighted by Gasteiger charge is 2.42. The van der Waals surface area contributed by atoms with Gasteiger partial charge in [0.05, 0.1) is 12.2 Å². The van der Waals surface area contributed by atoms with Gasteiger partial charge in [-0.05, 0) is 26.0 Å². The number of rotatable bonds is 2. The molecule has 0 spiro atoms. The third kappa shape index (κ3) is 2.33. The van der Waals surface area contributed by atoms with Crippen molar-refractivity contribution < 1.29 is 4.74 Å². The van der Waals surface area contributed by atoms with Crippen LogP contribution in [0.1, 0.15) is 20.3 Å². The topological polar surface area (TPSA) is 38.5 Å². The highest BCUT2D eigenvalue weighted by Crippen LogP contribution is 2.35. The van der Waals surface area contributed by atoms with E-state index in [9.17, 15) is 0 Å². The van der Waals surface area contributed by atoms with Crippen LogP contribution in [0.3, 0.4) is 0 Å². The molecule has 0 aromatic carbocycles. The molecular formula is C11H22N2OS. The van der Waals surface area contributed by atoms with Crippen LogP contribution in [0.2, 0.25) is 0 Å². The summed E-state index contributed by atoms with van der Waals surface area (Å²) in [6, 6.07) is 0. The first-order valence-corrected chi connectivity index (χ1v) is 6.90. The van der Waals surface area contributed by atoms with Crippen LogP contribution in [-0.4, -0.2) is 53.8 Å². The van der Waals surface area contributed by atoms with Crippen molar-refractivity contribution in [3.8, 4) is 0 Å². The van der Waals surface area contributed by atoms with Gasteiger partial charge in [-0.25, -0.2) is 0 Å². The molecule has 4 heteroatoms. The minimum atomic E-state index is -0.00627. The van der Waals surface area contributed by atoms with Gasteiger partial charge >= 0.3 is 0 Å². The van der Waals surface area contributed by atoms with E-state index in [2.05, 4.69) is 18.7 Å². The van der Waals surface area contributed by atoms with Gasteiger partial charge in [-0.15, -0.1) is 0 Å². The molecule has 0 saturated carbocycles. The summed E-state index contributed by atoms with van der Waals surface area (Å²) in [7, 11) is 0. The lowest BCUT2D eigenvalue weighted by atomic mass is 9.93. The van der Waals surface area contributed by atoms with Gasteiger partial charge in [-0.1, -0.05) is 0 Å². The smallest absolute Gasteiger partial charge is 0.0753 e. The molecule has 2 saturated heterocycles. The van der Waals surface area contributed by atoms with Crippen molar-refractivity contribution >= 4 is 11.8 Å². The van der Waals surface area contributed by atoms with Crippen molar-refractivity contribution in [2.45, 2.75) is 31.4 Å². The summed E-state index contributed by atoms with van der Waals surface area (Å²) in [5.41, 5.74) is 6.24. The monoisotopic (exact) mass is 230 g/mol. The molecule has 1 unspecified atom stereocenters. The van der Waals surface area contributed by atoms with Crippen molar-refractivity contribution in [1.29, 1.82) is 0 Å². The van der Waals surface area contributed by atoms with Crippen molar-refractivity contribution in [2.24, 2.45) is 5.73 Å². The van der Waals surface area contributed by atoms with Gasteiger partial charge in [0.1, 0.15) is 0 Å². The molecule has 1 atom stereocenters. The number of ether oxygens (including phenoxy) is 1. The van der Waals surface area contributed by atoms with Crippen LogP contribution in [0, 0.1) is 0 Å². The van der Waals surface area contributed by atoms with Crippen LogP contribution in [0.4, 0.5) is 0 Å². The number of nitrogens with two attached hydrogens (primary N) is 1. The molecule has 88 valence electrons. The number of hydrogen-bond acceptors (Lipinski definition) is 4. The third-order valence-corrected chi connectivity index (χ3v) is 4.79. The number of hydrogen-bond donors (Lipinski definition) is 1. The van der Waals surface area contributed by atoms with Gasteiger partial charge in [0.2, 0.25) is 0 Å². The van der Waals surface area contributed by atoms with Gasteiger partial charge in [-0.3, -0.25) is 4.90 Å². The Hall–Kier alpha value is 0.230. The van der Waals surface area contributed by atoms with Gasteiger partial charge in [0.25, 0.3) is 0 Å². The first-order chi connectivity index (χ1) is 7.08. The molecule has 0 aliphatic carbocycles. The first-order valence-electron chi connectivity index (χ1n) is 5.75. The van der Waals surface area contributed by atoms with E-state index < -0.39 is 0 Å². The summed E-state index contributed by atoms with van der Waals surface area (Å²) < 4.78 is 5.76. The summed E-state index contributed by atoms with van der Waals surface area (Å²) >= 11 is 2.04. The Bertz CT molecular complexity index is 227. The largest absolute Gasteiger partial charge is 0.373 e. The van der Waals surface area contributed by atoms with Crippen molar-refractivity contribution in [1.82, 2.24) is 4.90 Å². The second-order valence-corrected chi connectivity index (χ2v) is 6.37. The van der Waals surface area contributed by atoms with E-state index >= 15 is 0 Å². The van der Waals surface area contributed by atoms with Crippen molar-refractivity contribution in [3.63, 3.8) is 0 Å². The maximum absolute atomic E-state index is 5.99. The lowest BCUT2D eigenvalue weighted by molar-refractivity contribution is -0.111. The summed E-state index contributed by atoms with van der Waals surface area (Å²) in [5, 5.41) is 0. The average Bonchev–Trinajstić information content (AvgIpc) is 2.65. The predicted octanol–water partition coefficient (Wildman–Crippen LogP) is 0.932. The van der Waals surface area contributed by atoms with Gasteiger partial charge < -0.3 is 10.5 Å². The molecule has 2 heterocycles. The summed E-state index contributed by atoms with van der Waals surface area (Å²) in [6.07, 6.45) is 1.24. The maximum atomic E-state index is 5.99. The molecule has 0 aromatic heterocycles. The summed E-state index contributed by atoms with van der Waals surface area (Å²) in [4.78, 5) is 2.57. The number of thioether (sulfide) groups is 1. The van der Waals surface area contributed by atoms with E-state index in [4.69, 9.17) is 10.5 Å². The zero-order chi connectivity index (χ0) is 10.9. The Morgan fingerprint density at radius 3 is 2.80 bits per heavy atom. The minimum absolute atomic E-state index is 0.00627. The lowest BCUT2D eigenvalue weighted by Crippen LogP contribution is -2.61. The highest BCUT2D eigenvalue weighted by atomic mass is 32.2. The second-order valence-electron chi connectivity index (χ2n) is 5.26. The lowest BCUT2D eigenvalue weighted by Gasteiger charge is -2.47. The van der Waals surface area contributed by atoms with Crippen LogP contribution in [0.5, 0.6) is 0 Å². The Balaban J connectivity index is 2.08. The van der Waals surface area contributed by atoms with E-state index in [1.807, 2.05) is 11.8 Å². The average molecular weight is 230 g/mol. The molecule has 2 rings (SSSR count). The molecule has 2 aliphatic rings. The molecule has 3 nitrogen and oxygen atoms in total. The second kappa shape index (κ2) is 4.24. The third-order valence-electron chi connectivity index (χ3n) is 3.56. The first kappa shape index (κ1) is 11.7. The SMILES string of the molecule is CC1(C)CN(C2(CN)CCSC2)CCO1. The van der Waals surface area contributed by atoms with Crippen molar-refractivity contribution in [2.75, 3.05) is 37.7 Å². The Morgan fingerprint density at radius 2 is 2.27 bits per heavy atom. The van der Waals surface area contributed by atoms with Crippen LogP contribution in [-0.2, 0) is 4.74 Å². The number of nitrogens with zero attached hydrogens (tertiary/aromatic N) is 1. The van der Waals surface area contributed by atoms with Gasteiger partial charge in [0, 0.05) is 30.9 Å². The quantitative estimate of drug-likeness (QED) is 0.766. The molecule has 0 amide bonds. The van der Waals surface area contributed by atoms with Crippen LogP contribution in [0.15, 0.2) is 0 Å². The summed E-state index contributed by atoms with van der Waals surface area (Å²) in [5.74, 6) is 2.45. The standard InChI is InChI=1S/C11H22N2OS/c1-10(2)8-13(4-5-14-10)11(7-12)3-6-15-9-11/h3-9,12H2,1-2H3. The Labute approximate surface area is 96.7 Å². The maximum Gasteiger partial charge on any atom is 0.0753 e. The number of morpholine rings is 1. The molecule has 2 aliphatic heterocycles. The molecule has 0 bridgehead atoms. The van der Waals surface area contributed by atoms with Crippen LogP contribution in [0.25, 0.3) is 0 Å². The molecule has 2 fully saturated rings. The van der Waals surface area contributed by atoms with E-state index in [0.29, 0.717) is 0 Å². The molecular weight excluding hydrogens is 208 g/mol. The zero-order valence-corrected chi connectivity index (χ0v) is 10.6. The Morgan fingerprint density at radius 1 is 1.47 bits per heavy atom. The van der Waals surface area contributed by atoms with Crippen LogP contribution >= 0.6 is 11.8 Å². The summed E-state index contributed by atoms with van der Waals surface area (Å²) in [6.45, 7) is 8.04. The van der Waals surface area contributed by atoms with Crippen LogP contribution < -0.4 is 5.73 Å². The van der Waals surface area contributed by atoms with Crippen molar-refractivity contribution in [3.05, 3.63) is 0 Å². The van der Waals surface area contributed by atoms with Gasteiger partial charge in [-0.2, -0.15) is 11.8 Å². The molecule has 0 radical (unpaired) electrons. The zero-order valence-electron chi connectivity index (χ0n) is 9.79. The predicted molar refractivity (Wildman–Crippen MR) is 65.3 cm³/mol. The van der Waals surface area contributed by atoms with E-state index in [1.54, 1.807) is 0 Å². The molecule has 15 heavy (non-hydrogen) atoms. The van der Waals surface area contributed by atoms with Gasteiger partial charge in [0.15, 0.2) is 0 Å². The van der Waals surface area contributed by atoms with E-state index in [1.165, 1.54) is 17.9 Å².